The summed E-state index contributed by atoms with van der Waals surface area (Å²) in [5.74, 6) is 2.38. The fourth-order valence-corrected chi connectivity index (χ4v) is 10.3. The Labute approximate surface area is 358 Å². The molecule has 2 atom stereocenters. The first-order valence-electron chi connectivity index (χ1n) is 21.5. The van der Waals surface area contributed by atoms with E-state index in [4.69, 9.17) is 18.8 Å². The highest BCUT2D eigenvalue weighted by atomic mass is 16.3. The minimum atomic E-state index is 0.325. The molecule has 0 spiro atoms. The second kappa shape index (κ2) is 13.9. The fourth-order valence-electron chi connectivity index (χ4n) is 10.3. The van der Waals surface area contributed by atoms with Crippen molar-refractivity contribution in [1.29, 1.82) is 0 Å². The van der Waals surface area contributed by atoms with E-state index in [1.54, 1.807) is 0 Å². The van der Waals surface area contributed by atoms with Gasteiger partial charge in [-0.15, -0.1) is 0 Å². The summed E-state index contributed by atoms with van der Waals surface area (Å²) in [6, 6.07) is 58.0. The molecule has 4 heteroatoms. The molecule has 0 N–H and O–H groups in total. The zero-order valence-electron chi connectivity index (χ0n) is 33.8. The number of aromatic nitrogens is 2. The van der Waals surface area contributed by atoms with Crippen molar-refractivity contribution in [2.45, 2.75) is 24.7 Å². The molecule has 3 aliphatic rings. The summed E-state index contributed by atoms with van der Waals surface area (Å²) in [7, 11) is 0. The van der Waals surface area contributed by atoms with Crippen molar-refractivity contribution in [1.82, 2.24) is 9.97 Å². The Balaban J connectivity index is 0.942. The van der Waals surface area contributed by atoms with Crippen molar-refractivity contribution in [2.75, 3.05) is 0 Å². The zero-order chi connectivity index (χ0) is 40.7. The van der Waals surface area contributed by atoms with E-state index >= 15 is 0 Å². The molecular formula is C58H38N2O2. The van der Waals surface area contributed by atoms with Crippen LogP contribution in [0.3, 0.4) is 0 Å². The van der Waals surface area contributed by atoms with Gasteiger partial charge in [-0.05, 0) is 87.3 Å². The van der Waals surface area contributed by atoms with Gasteiger partial charge in [0.25, 0.3) is 0 Å². The second-order valence-corrected chi connectivity index (χ2v) is 16.7. The van der Waals surface area contributed by atoms with Crippen molar-refractivity contribution in [2.24, 2.45) is 0 Å². The summed E-state index contributed by atoms with van der Waals surface area (Å²) in [6.45, 7) is 0. The lowest BCUT2D eigenvalue weighted by Gasteiger charge is -2.34. The Morgan fingerprint density at radius 3 is 1.85 bits per heavy atom. The minimum absolute atomic E-state index is 0.325. The maximum atomic E-state index is 6.66. The van der Waals surface area contributed by atoms with E-state index in [-0.39, 0.29) is 0 Å². The standard InChI is InChI=1S/C58H38N2O2/c1-3-13-35(14-4-1)50-34-51(36-15-5-2-6-16-36)60-58(59-50)46-22-12-24-55-57(46)49-33-39(27-30-53(49)62-55)40-21-11-23-54-56(40)48-32-38(26-29-52(48)61-54)37-25-28-45-43-19-8-7-17-41(43)42-18-9-10-20-44(42)47(45)31-37/h1-25,27-28,30-34,42,44H,26,29H2. The number of hydrogen-bond donors (Lipinski definition) is 0. The molecular weight excluding hydrogens is 757 g/mol. The van der Waals surface area contributed by atoms with Gasteiger partial charge < -0.3 is 8.83 Å². The number of benzene rings is 7. The minimum Gasteiger partial charge on any atom is -0.460 e. The maximum Gasteiger partial charge on any atom is 0.161 e. The first-order chi connectivity index (χ1) is 30.7. The average Bonchev–Trinajstić information content (AvgIpc) is 3.92. The molecule has 0 saturated carbocycles. The lowest BCUT2D eigenvalue weighted by atomic mass is 9.69. The summed E-state index contributed by atoms with van der Waals surface area (Å²) in [5.41, 5.74) is 18.8. The number of furan rings is 2. The number of aryl methyl sites for hydroxylation is 1. The molecule has 3 heterocycles. The Morgan fingerprint density at radius 2 is 1.08 bits per heavy atom. The van der Waals surface area contributed by atoms with E-state index in [1.165, 1.54) is 39.0 Å². The van der Waals surface area contributed by atoms with Crippen molar-refractivity contribution < 1.29 is 8.83 Å². The number of rotatable bonds is 5. The predicted molar refractivity (Wildman–Crippen MR) is 253 cm³/mol. The van der Waals surface area contributed by atoms with Gasteiger partial charge in [-0.2, -0.15) is 0 Å². The molecule has 10 aromatic rings. The SMILES string of the molecule is C1=CC2c3ccccc3-c3ccc(C4=Cc5c(oc6cccc(-c7ccc8oc9cccc(-c%10nc(-c%11ccccc%11)cc(-c%11ccccc%11)n%10)c9c8c7)c56)CC4)cc3C2C=C1. The lowest BCUT2D eigenvalue weighted by molar-refractivity contribution is 0.548. The largest absolute Gasteiger partial charge is 0.460 e. The van der Waals surface area contributed by atoms with Crippen LogP contribution in [-0.2, 0) is 6.42 Å². The zero-order valence-corrected chi connectivity index (χ0v) is 33.8. The van der Waals surface area contributed by atoms with E-state index in [0.29, 0.717) is 17.7 Å². The summed E-state index contributed by atoms with van der Waals surface area (Å²) >= 11 is 0. The van der Waals surface area contributed by atoms with Gasteiger partial charge in [0.1, 0.15) is 22.5 Å². The van der Waals surface area contributed by atoms with Crippen LogP contribution in [0.25, 0.3) is 101 Å². The van der Waals surface area contributed by atoms with Crippen LogP contribution in [0.4, 0.5) is 0 Å². The molecule has 62 heavy (non-hydrogen) atoms. The monoisotopic (exact) mass is 794 g/mol. The van der Waals surface area contributed by atoms with Gasteiger partial charge in [0.15, 0.2) is 5.82 Å². The summed E-state index contributed by atoms with van der Waals surface area (Å²) in [5, 5.41) is 3.16. The van der Waals surface area contributed by atoms with Crippen molar-refractivity contribution in [3.63, 3.8) is 0 Å². The van der Waals surface area contributed by atoms with Crippen molar-refractivity contribution in [3.8, 4) is 56.2 Å². The molecule has 0 amide bonds. The van der Waals surface area contributed by atoms with Crippen molar-refractivity contribution >= 4 is 44.6 Å². The first kappa shape index (κ1) is 35.0. The summed E-state index contributed by atoms with van der Waals surface area (Å²) in [6.07, 6.45) is 13.3. The van der Waals surface area contributed by atoms with E-state index < -0.39 is 0 Å². The summed E-state index contributed by atoms with van der Waals surface area (Å²) < 4.78 is 13.2. The van der Waals surface area contributed by atoms with Crippen LogP contribution in [0.5, 0.6) is 0 Å². The molecule has 0 radical (unpaired) electrons. The highest BCUT2D eigenvalue weighted by molar-refractivity contribution is 6.14. The van der Waals surface area contributed by atoms with Crippen LogP contribution in [0, 0.1) is 0 Å². The van der Waals surface area contributed by atoms with Crippen LogP contribution in [-0.4, -0.2) is 9.97 Å². The maximum absolute atomic E-state index is 6.66. The topological polar surface area (TPSA) is 52.1 Å². The molecule has 7 aromatic carbocycles. The van der Waals surface area contributed by atoms with Gasteiger partial charge in [0, 0.05) is 56.7 Å². The summed E-state index contributed by atoms with van der Waals surface area (Å²) in [4.78, 5) is 10.4. The third-order valence-corrected chi connectivity index (χ3v) is 13.2. The Kier molecular flexibility index (Phi) is 7.83. The van der Waals surface area contributed by atoms with Crippen LogP contribution >= 0.6 is 0 Å². The Hall–Kier alpha value is -7.82. The molecule has 4 nitrogen and oxygen atoms in total. The number of hydrogen-bond acceptors (Lipinski definition) is 4. The van der Waals surface area contributed by atoms with Crippen LogP contribution in [0.15, 0.2) is 197 Å². The number of fused-ring (bicyclic) bond motifs is 12. The highest BCUT2D eigenvalue weighted by Gasteiger charge is 2.32. The fraction of sp³-hybridized carbons (Fsp3) is 0.0690. The molecule has 3 aliphatic carbocycles. The molecule has 0 bridgehead atoms. The van der Waals surface area contributed by atoms with Gasteiger partial charge >= 0.3 is 0 Å². The van der Waals surface area contributed by atoms with E-state index in [2.05, 4.69) is 146 Å². The second-order valence-electron chi connectivity index (χ2n) is 16.7. The van der Waals surface area contributed by atoms with Crippen LogP contribution in [0.1, 0.15) is 46.3 Å². The van der Waals surface area contributed by atoms with E-state index in [9.17, 15) is 0 Å². The molecule has 0 fully saturated rings. The van der Waals surface area contributed by atoms with Crippen LogP contribution < -0.4 is 0 Å². The average molecular weight is 795 g/mol. The normalized spacial score (nSPS) is 16.2. The highest BCUT2D eigenvalue weighted by Crippen LogP contribution is 2.51. The van der Waals surface area contributed by atoms with Gasteiger partial charge in [0.2, 0.25) is 0 Å². The lowest BCUT2D eigenvalue weighted by Crippen LogP contribution is -2.16. The molecule has 13 rings (SSSR count). The molecule has 292 valence electrons. The van der Waals surface area contributed by atoms with Gasteiger partial charge in [-0.3, -0.25) is 0 Å². The first-order valence-corrected chi connectivity index (χ1v) is 21.5. The Bertz CT molecular complexity index is 3470. The van der Waals surface area contributed by atoms with Crippen LogP contribution in [0.2, 0.25) is 0 Å². The van der Waals surface area contributed by atoms with E-state index in [1.807, 2.05) is 48.5 Å². The quantitative estimate of drug-likeness (QED) is 0.174. The van der Waals surface area contributed by atoms with Gasteiger partial charge in [-0.1, -0.05) is 158 Å². The van der Waals surface area contributed by atoms with E-state index in [0.717, 1.165) is 90.7 Å². The smallest absolute Gasteiger partial charge is 0.161 e. The number of nitrogens with zero attached hydrogens (tertiary/aromatic N) is 2. The van der Waals surface area contributed by atoms with Crippen molar-refractivity contribution in [3.05, 3.63) is 216 Å². The third-order valence-electron chi connectivity index (χ3n) is 13.2. The molecule has 3 aromatic heterocycles. The predicted octanol–water partition coefficient (Wildman–Crippen LogP) is 15.3. The van der Waals surface area contributed by atoms with Gasteiger partial charge in [0.05, 0.1) is 11.4 Å². The molecule has 0 aliphatic heterocycles. The Morgan fingerprint density at radius 1 is 0.435 bits per heavy atom. The molecule has 0 saturated heterocycles. The third kappa shape index (κ3) is 5.53. The van der Waals surface area contributed by atoms with Gasteiger partial charge in [-0.25, -0.2) is 9.97 Å². The number of allylic oxidation sites excluding steroid dienone is 5. The molecule has 2 unspecified atom stereocenters.